The first kappa shape index (κ1) is 24.6. The number of aliphatic carboxylic acids is 1. The van der Waals surface area contributed by atoms with Crippen LogP contribution in [0, 0.1) is 5.41 Å². The molecule has 0 aromatic carbocycles. The van der Waals surface area contributed by atoms with Crippen molar-refractivity contribution in [3.8, 4) is 0 Å². The standard InChI is InChI=1S/C20H38N2O4/c1-19(2,3)16(23)11-9-7-8-10-12-17(24)21-14-13-15(18(25)26)22-20(4,5)6/h15,22H,7-14H2,1-6H3,(H,21,24)(H,25,26)/t15-/m0/s1. The minimum Gasteiger partial charge on any atom is -0.480 e. The van der Waals surface area contributed by atoms with Crippen molar-refractivity contribution in [2.75, 3.05) is 6.54 Å². The maximum Gasteiger partial charge on any atom is 0.320 e. The topological polar surface area (TPSA) is 95.5 Å². The van der Waals surface area contributed by atoms with Gasteiger partial charge in [-0.05, 0) is 40.0 Å². The zero-order chi connectivity index (χ0) is 20.4. The predicted octanol–water partition coefficient (Wildman–Crippen LogP) is 3.29. The van der Waals surface area contributed by atoms with Crippen molar-refractivity contribution in [1.82, 2.24) is 10.6 Å². The minimum absolute atomic E-state index is 0.0457. The molecule has 3 N–H and O–H groups in total. The zero-order valence-corrected chi connectivity index (χ0v) is 17.4. The molecule has 0 saturated heterocycles. The van der Waals surface area contributed by atoms with E-state index in [1.165, 1.54) is 0 Å². The van der Waals surface area contributed by atoms with Gasteiger partial charge in [-0.2, -0.15) is 0 Å². The van der Waals surface area contributed by atoms with Gasteiger partial charge in [0.15, 0.2) is 0 Å². The highest BCUT2D eigenvalue weighted by Crippen LogP contribution is 2.19. The molecular formula is C20H38N2O4. The van der Waals surface area contributed by atoms with E-state index in [1.54, 1.807) is 0 Å². The number of rotatable bonds is 12. The first-order valence-corrected chi connectivity index (χ1v) is 9.63. The van der Waals surface area contributed by atoms with Crippen molar-refractivity contribution >= 4 is 17.7 Å². The van der Waals surface area contributed by atoms with Crippen molar-refractivity contribution in [2.24, 2.45) is 5.41 Å². The molecule has 26 heavy (non-hydrogen) atoms. The number of hydrogen-bond donors (Lipinski definition) is 3. The third kappa shape index (κ3) is 12.9. The number of hydrogen-bond acceptors (Lipinski definition) is 4. The molecule has 6 nitrogen and oxygen atoms in total. The van der Waals surface area contributed by atoms with E-state index in [0.29, 0.717) is 25.8 Å². The Balaban J connectivity index is 3.83. The molecule has 0 fully saturated rings. The number of carbonyl (C=O) groups excluding carboxylic acids is 2. The fourth-order valence-electron chi connectivity index (χ4n) is 2.52. The van der Waals surface area contributed by atoms with Gasteiger partial charge in [-0.3, -0.25) is 19.7 Å². The molecule has 1 amide bonds. The van der Waals surface area contributed by atoms with Crippen LogP contribution in [0.5, 0.6) is 0 Å². The lowest BCUT2D eigenvalue weighted by Gasteiger charge is -2.26. The number of carbonyl (C=O) groups is 3. The molecule has 0 heterocycles. The number of carboxylic acid groups (broad SMARTS) is 1. The third-order valence-electron chi connectivity index (χ3n) is 4.05. The summed E-state index contributed by atoms with van der Waals surface area (Å²) in [5.41, 5.74) is -0.559. The van der Waals surface area contributed by atoms with Crippen LogP contribution in [-0.4, -0.2) is 40.9 Å². The Kier molecular flexibility index (Phi) is 10.7. The molecule has 0 saturated carbocycles. The molecule has 0 bridgehead atoms. The maximum absolute atomic E-state index is 11.8. The van der Waals surface area contributed by atoms with Gasteiger partial charge in [-0.25, -0.2) is 0 Å². The van der Waals surface area contributed by atoms with E-state index >= 15 is 0 Å². The van der Waals surface area contributed by atoms with Gasteiger partial charge < -0.3 is 10.4 Å². The summed E-state index contributed by atoms with van der Waals surface area (Å²) in [7, 11) is 0. The van der Waals surface area contributed by atoms with Gasteiger partial charge in [0.1, 0.15) is 11.8 Å². The SMILES string of the molecule is CC(C)(C)N[C@@H](CCNC(=O)CCCCCCC(=O)C(C)(C)C)C(=O)O. The van der Waals surface area contributed by atoms with Crippen LogP contribution in [0.2, 0.25) is 0 Å². The number of unbranched alkanes of at least 4 members (excludes halogenated alkanes) is 3. The average Bonchev–Trinajstić information content (AvgIpc) is 2.47. The quantitative estimate of drug-likeness (QED) is 0.458. The van der Waals surface area contributed by atoms with Crippen LogP contribution in [0.25, 0.3) is 0 Å². The Morgan fingerprint density at radius 1 is 0.885 bits per heavy atom. The van der Waals surface area contributed by atoms with E-state index in [-0.39, 0.29) is 22.6 Å². The van der Waals surface area contributed by atoms with Gasteiger partial charge in [0.05, 0.1) is 0 Å². The lowest BCUT2D eigenvalue weighted by Crippen LogP contribution is -2.49. The largest absolute Gasteiger partial charge is 0.480 e. The molecule has 0 aromatic heterocycles. The molecule has 0 radical (unpaired) electrons. The lowest BCUT2D eigenvalue weighted by molar-refractivity contribution is -0.140. The van der Waals surface area contributed by atoms with Crippen molar-refractivity contribution < 1.29 is 19.5 Å². The molecule has 152 valence electrons. The molecule has 0 rings (SSSR count). The summed E-state index contributed by atoms with van der Waals surface area (Å²) in [5, 5.41) is 15.0. The monoisotopic (exact) mass is 370 g/mol. The van der Waals surface area contributed by atoms with Gasteiger partial charge in [-0.1, -0.05) is 33.6 Å². The number of Topliss-reactive ketones (excluding diaryl/α,β-unsaturated/α-hetero) is 1. The Bertz CT molecular complexity index is 461. The van der Waals surface area contributed by atoms with E-state index in [9.17, 15) is 19.5 Å². The van der Waals surface area contributed by atoms with E-state index in [1.807, 2.05) is 41.5 Å². The van der Waals surface area contributed by atoms with Crippen molar-refractivity contribution in [1.29, 1.82) is 0 Å². The fourth-order valence-corrected chi connectivity index (χ4v) is 2.52. The first-order valence-electron chi connectivity index (χ1n) is 9.63. The smallest absolute Gasteiger partial charge is 0.320 e. The highest BCUT2D eigenvalue weighted by molar-refractivity contribution is 5.83. The number of ketones is 1. The summed E-state index contributed by atoms with van der Waals surface area (Å²) < 4.78 is 0. The molecule has 0 aliphatic carbocycles. The highest BCUT2D eigenvalue weighted by atomic mass is 16.4. The van der Waals surface area contributed by atoms with Gasteiger partial charge in [0.2, 0.25) is 5.91 Å². The second kappa shape index (κ2) is 11.3. The number of carboxylic acids is 1. The summed E-state index contributed by atoms with van der Waals surface area (Å²) in [4.78, 5) is 34.9. The van der Waals surface area contributed by atoms with Crippen molar-refractivity contribution in [2.45, 2.75) is 98.1 Å². The summed E-state index contributed by atoms with van der Waals surface area (Å²) >= 11 is 0. The van der Waals surface area contributed by atoms with E-state index in [0.717, 1.165) is 25.7 Å². The summed E-state index contributed by atoms with van der Waals surface area (Å²) in [6.07, 6.45) is 4.94. The molecule has 0 spiro atoms. The van der Waals surface area contributed by atoms with Gasteiger partial charge in [-0.15, -0.1) is 0 Å². The predicted molar refractivity (Wildman–Crippen MR) is 104 cm³/mol. The molecule has 0 aromatic rings. The van der Waals surface area contributed by atoms with Crippen LogP contribution >= 0.6 is 0 Å². The minimum atomic E-state index is -0.904. The van der Waals surface area contributed by atoms with E-state index < -0.39 is 12.0 Å². The van der Waals surface area contributed by atoms with Gasteiger partial charge in [0.25, 0.3) is 0 Å². The Morgan fingerprint density at radius 2 is 1.42 bits per heavy atom. The second-order valence-electron chi connectivity index (χ2n) is 9.01. The van der Waals surface area contributed by atoms with E-state index in [4.69, 9.17) is 0 Å². The second-order valence-corrected chi connectivity index (χ2v) is 9.01. The summed E-state index contributed by atoms with van der Waals surface area (Å²) in [5.74, 6) is -0.665. The summed E-state index contributed by atoms with van der Waals surface area (Å²) in [6, 6.07) is -0.671. The molecular weight excluding hydrogens is 332 g/mol. The maximum atomic E-state index is 11.8. The molecule has 0 aliphatic heterocycles. The third-order valence-corrected chi connectivity index (χ3v) is 4.05. The lowest BCUT2D eigenvalue weighted by atomic mass is 9.88. The molecule has 0 unspecified atom stereocenters. The van der Waals surface area contributed by atoms with Crippen LogP contribution in [0.1, 0.15) is 86.5 Å². The van der Waals surface area contributed by atoms with Crippen molar-refractivity contribution in [3.63, 3.8) is 0 Å². The Hall–Kier alpha value is -1.43. The number of amides is 1. The van der Waals surface area contributed by atoms with Crippen LogP contribution < -0.4 is 10.6 Å². The fraction of sp³-hybridized carbons (Fsp3) is 0.850. The zero-order valence-electron chi connectivity index (χ0n) is 17.4. The van der Waals surface area contributed by atoms with Crippen LogP contribution in [0.15, 0.2) is 0 Å². The molecule has 6 heteroatoms. The molecule has 1 atom stereocenters. The number of nitrogens with one attached hydrogen (secondary N) is 2. The Labute approximate surface area is 158 Å². The Morgan fingerprint density at radius 3 is 1.88 bits per heavy atom. The molecule has 0 aliphatic rings. The van der Waals surface area contributed by atoms with Gasteiger partial charge >= 0.3 is 5.97 Å². The van der Waals surface area contributed by atoms with Crippen LogP contribution in [0.4, 0.5) is 0 Å². The normalized spacial score (nSPS) is 13.3. The van der Waals surface area contributed by atoms with Crippen molar-refractivity contribution in [3.05, 3.63) is 0 Å². The van der Waals surface area contributed by atoms with Gasteiger partial charge in [0, 0.05) is 30.3 Å². The first-order chi connectivity index (χ1) is 11.8. The van der Waals surface area contributed by atoms with Crippen LogP contribution in [0.3, 0.4) is 0 Å². The van der Waals surface area contributed by atoms with E-state index in [2.05, 4.69) is 10.6 Å². The average molecular weight is 371 g/mol. The summed E-state index contributed by atoms with van der Waals surface area (Å²) in [6.45, 7) is 11.9. The highest BCUT2D eigenvalue weighted by Gasteiger charge is 2.23. The van der Waals surface area contributed by atoms with Crippen LogP contribution in [-0.2, 0) is 14.4 Å².